The van der Waals surface area contributed by atoms with E-state index in [1.807, 2.05) is 13.8 Å². The van der Waals surface area contributed by atoms with Gasteiger partial charge in [0.05, 0.1) is 0 Å². The Morgan fingerprint density at radius 3 is 2.21 bits per heavy atom. The Hall–Kier alpha value is -0.570. The second-order valence-corrected chi connectivity index (χ2v) is 4.35. The molecule has 1 atom stereocenters. The van der Waals surface area contributed by atoms with Gasteiger partial charge >= 0.3 is 0 Å². The molecule has 1 N–H and O–H groups in total. The van der Waals surface area contributed by atoms with Gasteiger partial charge in [-0.1, -0.05) is 27.7 Å². The fraction of sp³-hybridized carbons (Fsp3) is 0.909. The second kappa shape index (κ2) is 5.35. The number of hydrogen-bond acceptors (Lipinski definition) is 2. The van der Waals surface area contributed by atoms with Crippen molar-refractivity contribution in [1.82, 2.24) is 4.90 Å². The van der Waals surface area contributed by atoms with Crippen LogP contribution in [0.15, 0.2) is 0 Å². The van der Waals surface area contributed by atoms with Crippen molar-refractivity contribution in [1.29, 1.82) is 0 Å². The van der Waals surface area contributed by atoms with Crippen LogP contribution in [0.4, 0.5) is 0 Å². The minimum atomic E-state index is -0.848. The van der Waals surface area contributed by atoms with Crippen molar-refractivity contribution in [2.75, 3.05) is 13.1 Å². The molecule has 0 bridgehead atoms. The molecule has 1 rings (SSSR count). The first-order chi connectivity index (χ1) is 6.42. The molecule has 1 saturated heterocycles. The van der Waals surface area contributed by atoms with Gasteiger partial charge in [0.25, 0.3) is 5.91 Å². The molecule has 0 spiro atoms. The summed E-state index contributed by atoms with van der Waals surface area (Å²) in [6, 6.07) is 0. The second-order valence-electron chi connectivity index (χ2n) is 4.35. The zero-order chi connectivity index (χ0) is 11.4. The number of carbonyl (C=O) groups excluding carboxylic acids is 1. The Bertz CT molecular complexity index is 188. The predicted octanol–water partition coefficient (Wildman–Crippen LogP) is 1.65. The average molecular weight is 201 g/mol. The normalized spacial score (nSPS) is 21.1. The van der Waals surface area contributed by atoms with Crippen molar-refractivity contribution >= 4 is 5.91 Å². The molecule has 84 valence electrons. The lowest BCUT2D eigenvalue weighted by Crippen LogP contribution is -2.36. The maximum Gasteiger partial charge on any atom is 0.251 e. The van der Waals surface area contributed by atoms with E-state index in [0.29, 0.717) is 0 Å². The number of amides is 1. The third-order valence-electron chi connectivity index (χ3n) is 2.35. The largest absolute Gasteiger partial charge is 0.384 e. The van der Waals surface area contributed by atoms with Gasteiger partial charge in [-0.2, -0.15) is 0 Å². The van der Waals surface area contributed by atoms with Crippen LogP contribution in [-0.2, 0) is 4.79 Å². The number of aliphatic hydroxyl groups is 1. The van der Waals surface area contributed by atoms with E-state index in [1.165, 1.54) is 6.92 Å². The van der Waals surface area contributed by atoms with Crippen molar-refractivity contribution in [3.05, 3.63) is 0 Å². The summed E-state index contributed by atoms with van der Waals surface area (Å²) in [4.78, 5) is 13.0. The Morgan fingerprint density at radius 1 is 1.43 bits per heavy atom. The van der Waals surface area contributed by atoms with E-state index in [2.05, 4.69) is 13.8 Å². The van der Waals surface area contributed by atoms with Crippen LogP contribution in [-0.4, -0.2) is 35.1 Å². The van der Waals surface area contributed by atoms with E-state index < -0.39 is 6.10 Å². The fourth-order valence-corrected chi connectivity index (χ4v) is 1.56. The SMILES string of the molecule is CC.C[C@@H](O)C(=O)N1CCC(C)(C)C1. The van der Waals surface area contributed by atoms with Crippen molar-refractivity contribution in [2.24, 2.45) is 5.41 Å². The molecule has 1 aliphatic rings. The standard InChI is InChI=1S/C9H17NO2.C2H6/c1-7(11)8(12)10-5-4-9(2,3)6-10;1-2/h7,11H,4-6H2,1-3H3;1-2H3/t7-;/m1./s1. The molecule has 0 saturated carbocycles. The van der Waals surface area contributed by atoms with Crippen molar-refractivity contribution in [3.8, 4) is 0 Å². The highest BCUT2D eigenvalue weighted by atomic mass is 16.3. The molecule has 0 aromatic carbocycles. The maximum atomic E-state index is 11.3. The molecule has 3 heteroatoms. The molecule has 1 amide bonds. The Labute approximate surface area is 87.1 Å². The van der Waals surface area contributed by atoms with Gasteiger partial charge in [0.1, 0.15) is 6.10 Å². The van der Waals surface area contributed by atoms with Crippen LogP contribution in [0.3, 0.4) is 0 Å². The lowest BCUT2D eigenvalue weighted by Gasteiger charge is -2.20. The Balaban J connectivity index is 0.000000791. The van der Waals surface area contributed by atoms with Crippen LogP contribution in [0.2, 0.25) is 0 Å². The number of aliphatic hydroxyl groups excluding tert-OH is 1. The molecule has 14 heavy (non-hydrogen) atoms. The number of nitrogens with zero attached hydrogens (tertiary/aromatic N) is 1. The summed E-state index contributed by atoms with van der Waals surface area (Å²) in [6.07, 6.45) is 0.185. The molecule has 1 aliphatic heterocycles. The third kappa shape index (κ3) is 3.66. The fourth-order valence-electron chi connectivity index (χ4n) is 1.56. The Morgan fingerprint density at radius 2 is 1.93 bits per heavy atom. The van der Waals surface area contributed by atoms with E-state index in [4.69, 9.17) is 5.11 Å². The zero-order valence-corrected chi connectivity index (χ0v) is 10.0. The summed E-state index contributed by atoms with van der Waals surface area (Å²) in [5.74, 6) is -0.138. The highest BCUT2D eigenvalue weighted by molar-refractivity contribution is 5.80. The van der Waals surface area contributed by atoms with Crippen molar-refractivity contribution in [3.63, 3.8) is 0 Å². The summed E-state index contributed by atoms with van der Waals surface area (Å²) in [6.45, 7) is 11.4. The topological polar surface area (TPSA) is 40.5 Å². The molecule has 0 aliphatic carbocycles. The van der Waals surface area contributed by atoms with Gasteiger partial charge in [-0.15, -0.1) is 0 Å². The maximum absolute atomic E-state index is 11.3. The lowest BCUT2D eigenvalue weighted by molar-refractivity contribution is -0.138. The highest BCUT2D eigenvalue weighted by Gasteiger charge is 2.33. The van der Waals surface area contributed by atoms with Crippen molar-refractivity contribution < 1.29 is 9.90 Å². The minimum Gasteiger partial charge on any atom is -0.384 e. The number of likely N-dealkylation sites (tertiary alicyclic amines) is 1. The summed E-state index contributed by atoms with van der Waals surface area (Å²) < 4.78 is 0. The van der Waals surface area contributed by atoms with E-state index in [9.17, 15) is 4.79 Å². The number of carbonyl (C=O) groups is 1. The van der Waals surface area contributed by atoms with Gasteiger partial charge in [0.2, 0.25) is 0 Å². The smallest absolute Gasteiger partial charge is 0.251 e. The zero-order valence-electron chi connectivity index (χ0n) is 10.0. The summed E-state index contributed by atoms with van der Waals surface area (Å²) in [5.41, 5.74) is 0.227. The monoisotopic (exact) mass is 201 g/mol. The van der Waals surface area contributed by atoms with Crippen LogP contribution < -0.4 is 0 Å². The van der Waals surface area contributed by atoms with Gasteiger partial charge in [-0.25, -0.2) is 0 Å². The summed E-state index contributed by atoms with van der Waals surface area (Å²) >= 11 is 0. The van der Waals surface area contributed by atoms with Gasteiger partial charge in [-0.3, -0.25) is 4.79 Å². The molecule has 0 radical (unpaired) electrons. The highest BCUT2D eigenvalue weighted by Crippen LogP contribution is 2.28. The van der Waals surface area contributed by atoms with Gasteiger partial charge in [-0.05, 0) is 18.8 Å². The van der Waals surface area contributed by atoms with Gasteiger partial charge < -0.3 is 10.0 Å². The molecular formula is C11H23NO2. The molecular weight excluding hydrogens is 178 g/mol. The van der Waals surface area contributed by atoms with Crippen LogP contribution in [0.25, 0.3) is 0 Å². The van der Waals surface area contributed by atoms with E-state index in [-0.39, 0.29) is 11.3 Å². The molecule has 0 unspecified atom stereocenters. The first-order valence-corrected chi connectivity index (χ1v) is 5.39. The predicted molar refractivity (Wildman–Crippen MR) is 58.0 cm³/mol. The first-order valence-electron chi connectivity index (χ1n) is 5.39. The molecule has 1 heterocycles. The van der Waals surface area contributed by atoms with E-state index in [1.54, 1.807) is 4.90 Å². The molecule has 0 aromatic rings. The molecule has 0 aromatic heterocycles. The van der Waals surface area contributed by atoms with Crippen molar-refractivity contribution in [2.45, 2.75) is 47.1 Å². The first kappa shape index (κ1) is 13.4. The van der Waals surface area contributed by atoms with Crippen LogP contribution in [0, 0.1) is 5.41 Å². The van der Waals surface area contributed by atoms with Gasteiger partial charge in [0.15, 0.2) is 0 Å². The quantitative estimate of drug-likeness (QED) is 0.701. The van der Waals surface area contributed by atoms with E-state index in [0.717, 1.165) is 19.5 Å². The van der Waals surface area contributed by atoms with Crippen LogP contribution >= 0.6 is 0 Å². The van der Waals surface area contributed by atoms with Gasteiger partial charge in [0, 0.05) is 13.1 Å². The lowest BCUT2D eigenvalue weighted by atomic mass is 9.93. The Kier molecular flexibility index (Phi) is 5.13. The molecule has 3 nitrogen and oxygen atoms in total. The number of rotatable bonds is 1. The average Bonchev–Trinajstić information content (AvgIpc) is 2.48. The third-order valence-corrected chi connectivity index (χ3v) is 2.35. The molecule has 1 fully saturated rings. The minimum absolute atomic E-state index is 0.138. The summed E-state index contributed by atoms with van der Waals surface area (Å²) in [7, 11) is 0. The van der Waals surface area contributed by atoms with E-state index >= 15 is 0 Å². The number of hydrogen-bond donors (Lipinski definition) is 1. The van der Waals surface area contributed by atoms with Crippen LogP contribution in [0.1, 0.15) is 41.0 Å². The van der Waals surface area contributed by atoms with Crippen LogP contribution in [0.5, 0.6) is 0 Å². The summed E-state index contributed by atoms with van der Waals surface area (Å²) in [5, 5.41) is 9.06.